The minimum absolute atomic E-state index is 0.0264. The number of aromatic carboxylic acids is 1. The molecule has 5 heterocycles. The van der Waals surface area contributed by atoms with Crippen molar-refractivity contribution in [3.05, 3.63) is 58.6 Å². The van der Waals surface area contributed by atoms with E-state index in [-0.39, 0.29) is 22.2 Å². The van der Waals surface area contributed by atoms with E-state index in [0.717, 1.165) is 49.8 Å². The van der Waals surface area contributed by atoms with Crippen molar-refractivity contribution in [2.45, 2.75) is 31.2 Å². The fourth-order valence-electron chi connectivity index (χ4n) is 6.48. The van der Waals surface area contributed by atoms with Gasteiger partial charge in [-0.2, -0.15) is 5.10 Å². The molecule has 3 N–H and O–H groups in total. The summed E-state index contributed by atoms with van der Waals surface area (Å²) in [5, 5.41) is 13.8. The molecule has 3 fully saturated rings. The third-order valence-electron chi connectivity index (χ3n) is 8.38. The molecular formula is C28H33N7O4. The zero-order chi connectivity index (χ0) is 27.3. The van der Waals surface area contributed by atoms with Crippen LogP contribution in [0.3, 0.4) is 0 Å². The van der Waals surface area contributed by atoms with Crippen molar-refractivity contribution in [1.82, 2.24) is 28.8 Å². The van der Waals surface area contributed by atoms with Crippen LogP contribution in [0.1, 0.15) is 36.0 Å². The van der Waals surface area contributed by atoms with E-state index in [1.54, 1.807) is 17.9 Å². The number of benzene rings is 1. The number of ether oxygens (including phenoxy) is 1. The van der Waals surface area contributed by atoms with E-state index in [9.17, 15) is 14.7 Å². The quantitative estimate of drug-likeness (QED) is 0.372. The second-order valence-electron chi connectivity index (χ2n) is 10.9. The highest BCUT2D eigenvalue weighted by Gasteiger charge is 2.43. The number of hydrogen-bond acceptors (Lipinski definition) is 7. The second-order valence-corrected chi connectivity index (χ2v) is 10.9. The lowest BCUT2D eigenvalue weighted by atomic mass is 9.78. The maximum Gasteiger partial charge on any atom is 0.337 e. The summed E-state index contributed by atoms with van der Waals surface area (Å²) in [4.78, 5) is 31.6. The van der Waals surface area contributed by atoms with Crippen molar-refractivity contribution in [1.29, 1.82) is 0 Å². The van der Waals surface area contributed by atoms with Gasteiger partial charge >= 0.3 is 5.97 Å². The standard InChI is InChI=1S/C28H33N7O4/c1-32-16-19(26(37)38)13-20(24(32)36)21-14-30-33(2)25(21)39-12-11-34-15-18-7-9-28(17-34,10-8-18)35-23-6-4-3-5-22(23)31-27(35)29/h3-6,13-14,16,18H,7-12,15,17H2,1-2H3,(H2,29,31)(H,37,38). The van der Waals surface area contributed by atoms with Gasteiger partial charge in [0.25, 0.3) is 5.56 Å². The lowest BCUT2D eigenvalue weighted by Gasteiger charge is -2.39. The summed E-state index contributed by atoms with van der Waals surface area (Å²) in [5.74, 6) is 0.532. The highest BCUT2D eigenvalue weighted by molar-refractivity contribution is 5.89. The van der Waals surface area contributed by atoms with E-state index >= 15 is 0 Å². The number of rotatable bonds is 7. The molecule has 0 radical (unpaired) electrons. The van der Waals surface area contributed by atoms with Crippen molar-refractivity contribution in [2.75, 3.05) is 32.0 Å². The minimum Gasteiger partial charge on any atom is -0.478 e. The Balaban J connectivity index is 1.24. The number of carboxylic acids is 1. The smallest absolute Gasteiger partial charge is 0.337 e. The second kappa shape index (κ2) is 9.57. The van der Waals surface area contributed by atoms with Gasteiger partial charge in [0.15, 0.2) is 0 Å². The molecule has 1 aromatic carbocycles. The molecule has 2 saturated heterocycles. The number of aryl methyl sites for hydroxylation is 2. The number of imidazole rings is 1. The largest absolute Gasteiger partial charge is 0.478 e. The van der Waals surface area contributed by atoms with Gasteiger partial charge in [0.2, 0.25) is 11.8 Å². The van der Waals surface area contributed by atoms with Crippen molar-refractivity contribution >= 4 is 23.0 Å². The van der Waals surface area contributed by atoms with Gasteiger partial charge in [-0.1, -0.05) is 12.1 Å². The molecule has 2 aliphatic heterocycles. The van der Waals surface area contributed by atoms with Crippen LogP contribution in [-0.4, -0.2) is 66.1 Å². The lowest BCUT2D eigenvalue weighted by molar-refractivity contribution is 0.0696. The summed E-state index contributed by atoms with van der Waals surface area (Å²) in [5.41, 5.74) is 8.82. The lowest BCUT2D eigenvalue weighted by Crippen LogP contribution is -2.44. The summed E-state index contributed by atoms with van der Waals surface area (Å²) in [7, 11) is 3.29. The number of nitrogens with two attached hydrogens (primary N) is 1. The summed E-state index contributed by atoms with van der Waals surface area (Å²) in [6, 6.07) is 9.52. The molecule has 1 aliphatic carbocycles. The molecule has 2 bridgehead atoms. The van der Waals surface area contributed by atoms with Gasteiger partial charge in [-0.15, -0.1) is 0 Å². The Morgan fingerprint density at radius 1 is 1.21 bits per heavy atom. The summed E-state index contributed by atoms with van der Waals surface area (Å²) >= 11 is 0. The highest BCUT2D eigenvalue weighted by Crippen LogP contribution is 2.44. The van der Waals surface area contributed by atoms with E-state index in [2.05, 4.69) is 25.6 Å². The number of nitrogen functional groups attached to an aromatic ring is 1. The number of nitrogens with zero attached hydrogens (tertiary/aromatic N) is 6. The Kier molecular flexibility index (Phi) is 6.17. The van der Waals surface area contributed by atoms with Gasteiger partial charge in [0, 0.05) is 39.9 Å². The van der Waals surface area contributed by atoms with Gasteiger partial charge < -0.3 is 24.7 Å². The van der Waals surface area contributed by atoms with Gasteiger partial charge in [-0.05, 0) is 49.8 Å². The van der Waals surface area contributed by atoms with Crippen molar-refractivity contribution in [3.63, 3.8) is 0 Å². The Hall–Kier alpha value is -4.12. The first-order valence-corrected chi connectivity index (χ1v) is 13.3. The Morgan fingerprint density at radius 3 is 2.74 bits per heavy atom. The molecule has 0 spiro atoms. The number of hydrogen-bond donors (Lipinski definition) is 2. The van der Waals surface area contributed by atoms with Crippen molar-refractivity contribution < 1.29 is 14.6 Å². The van der Waals surface area contributed by atoms with Crippen LogP contribution >= 0.6 is 0 Å². The first-order valence-electron chi connectivity index (χ1n) is 13.3. The number of para-hydroxylation sites is 2. The third kappa shape index (κ3) is 4.36. The predicted octanol–water partition coefficient (Wildman–Crippen LogP) is 2.70. The molecule has 11 heteroatoms. The molecular weight excluding hydrogens is 498 g/mol. The highest BCUT2D eigenvalue weighted by atomic mass is 16.5. The topological polar surface area (TPSA) is 133 Å². The Morgan fingerprint density at radius 2 is 1.97 bits per heavy atom. The van der Waals surface area contributed by atoms with E-state index < -0.39 is 5.97 Å². The first-order chi connectivity index (χ1) is 18.8. The summed E-state index contributed by atoms with van der Waals surface area (Å²) < 4.78 is 11.3. The van der Waals surface area contributed by atoms with Crippen LogP contribution in [0.2, 0.25) is 0 Å². The monoisotopic (exact) mass is 531 g/mol. The molecule has 0 unspecified atom stereocenters. The van der Waals surface area contributed by atoms with Crippen LogP contribution in [0.15, 0.2) is 47.5 Å². The molecule has 3 aliphatic rings. The SMILES string of the molecule is Cn1ncc(-c2cc(C(=O)O)cn(C)c2=O)c1OCCN1CC2CCC(n3c(N)nc4ccccc43)(CC2)C1. The molecule has 3 aromatic heterocycles. The molecule has 204 valence electrons. The average Bonchev–Trinajstić information content (AvgIpc) is 3.32. The fourth-order valence-corrected chi connectivity index (χ4v) is 6.48. The maximum absolute atomic E-state index is 12.9. The zero-order valence-corrected chi connectivity index (χ0v) is 22.2. The molecule has 0 atom stereocenters. The molecule has 1 saturated carbocycles. The zero-order valence-electron chi connectivity index (χ0n) is 22.2. The van der Waals surface area contributed by atoms with Crippen LogP contribution in [0, 0.1) is 5.92 Å². The van der Waals surface area contributed by atoms with Gasteiger partial charge in [-0.3, -0.25) is 9.69 Å². The number of aromatic nitrogens is 5. The Labute approximate surface area is 225 Å². The number of pyridine rings is 1. The average molecular weight is 532 g/mol. The minimum atomic E-state index is -1.10. The van der Waals surface area contributed by atoms with Crippen molar-refractivity contribution in [2.24, 2.45) is 20.0 Å². The normalized spacial score (nSPS) is 21.3. The van der Waals surface area contributed by atoms with Crippen molar-refractivity contribution in [3.8, 4) is 17.0 Å². The van der Waals surface area contributed by atoms with Gasteiger partial charge in [-0.25, -0.2) is 14.5 Å². The first kappa shape index (κ1) is 25.2. The molecule has 0 amide bonds. The van der Waals surface area contributed by atoms with E-state index in [0.29, 0.717) is 36.5 Å². The number of carboxylic acid groups (broad SMARTS) is 1. The van der Waals surface area contributed by atoms with E-state index in [1.807, 2.05) is 18.2 Å². The Bertz CT molecular complexity index is 1610. The van der Waals surface area contributed by atoms with E-state index in [1.165, 1.54) is 23.9 Å². The molecule has 4 aromatic rings. The van der Waals surface area contributed by atoms with Gasteiger partial charge in [0.1, 0.15) is 6.61 Å². The van der Waals surface area contributed by atoms with E-state index in [4.69, 9.17) is 10.5 Å². The number of anilines is 1. The molecule has 11 nitrogen and oxygen atoms in total. The fraction of sp³-hybridized carbons (Fsp3) is 0.429. The number of carbonyl (C=O) groups is 1. The maximum atomic E-state index is 12.9. The van der Waals surface area contributed by atoms with Gasteiger partial charge in [0.05, 0.1) is 39.5 Å². The summed E-state index contributed by atoms with van der Waals surface area (Å²) in [6.07, 6.45) is 7.29. The predicted molar refractivity (Wildman–Crippen MR) is 147 cm³/mol. The van der Waals surface area contributed by atoms with Crippen LogP contribution < -0.4 is 16.0 Å². The van der Waals surface area contributed by atoms with Crippen LogP contribution in [0.4, 0.5) is 5.95 Å². The number of fused-ring (bicyclic) bond motifs is 5. The third-order valence-corrected chi connectivity index (χ3v) is 8.38. The van der Waals surface area contributed by atoms with Crippen LogP contribution in [0.25, 0.3) is 22.2 Å². The summed E-state index contributed by atoms with van der Waals surface area (Å²) in [6.45, 7) is 2.95. The molecule has 39 heavy (non-hydrogen) atoms. The van der Waals surface area contributed by atoms with Crippen LogP contribution in [-0.2, 0) is 19.6 Å². The van der Waals surface area contributed by atoms with Crippen LogP contribution in [0.5, 0.6) is 5.88 Å². The molecule has 7 rings (SSSR count).